The molecule has 0 spiro atoms. The molecule has 0 aliphatic heterocycles. The lowest BCUT2D eigenvalue weighted by Crippen LogP contribution is -2.29. The van der Waals surface area contributed by atoms with Crippen LogP contribution in [0, 0.1) is 20.8 Å². The van der Waals surface area contributed by atoms with E-state index in [1.807, 2.05) is 62.0 Å². The van der Waals surface area contributed by atoms with E-state index in [1.165, 1.54) is 0 Å². The molecule has 138 valence electrons. The molecule has 0 amide bonds. The van der Waals surface area contributed by atoms with E-state index in [-0.39, 0.29) is 11.4 Å². The first-order valence-electron chi connectivity index (χ1n) is 8.50. The third-order valence-electron chi connectivity index (χ3n) is 4.83. The van der Waals surface area contributed by atoms with Crippen molar-refractivity contribution >= 4 is 20.9 Å². The summed E-state index contributed by atoms with van der Waals surface area (Å²) in [4.78, 5) is 0.255. The average molecular weight is 372 g/mol. The Morgan fingerprint density at radius 2 is 1.73 bits per heavy atom. The third kappa shape index (κ3) is 3.40. The number of nitrogens with zero attached hydrogens (tertiary/aromatic N) is 1. The molecule has 0 bridgehead atoms. The zero-order valence-electron chi connectivity index (χ0n) is 15.4. The zero-order chi connectivity index (χ0) is 19.1. The Hall–Kier alpha value is -2.15. The minimum absolute atomic E-state index is 0.0806. The molecule has 0 unspecified atom stereocenters. The first kappa shape index (κ1) is 18.6. The van der Waals surface area contributed by atoms with Gasteiger partial charge < -0.3 is 9.67 Å². The van der Waals surface area contributed by atoms with Gasteiger partial charge in [0.15, 0.2) is 0 Å². The number of hydrogen-bond acceptors (Lipinski definition) is 3. The van der Waals surface area contributed by atoms with Gasteiger partial charge in [0, 0.05) is 36.3 Å². The summed E-state index contributed by atoms with van der Waals surface area (Å²) in [5.74, 6) is 0. The Morgan fingerprint density at radius 3 is 2.46 bits per heavy atom. The van der Waals surface area contributed by atoms with Gasteiger partial charge in [-0.1, -0.05) is 24.3 Å². The highest BCUT2D eigenvalue weighted by atomic mass is 32.2. The molecular formula is C20H24N2O3S. The Bertz CT molecular complexity index is 1070. The van der Waals surface area contributed by atoms with E-state index in [0.717, 1.165) is 22.0 Å². The quantitative estimate of drug-likeness (QED) is 0.723. The van der Waals surface area contributed by atoms with Crippen molar-refractivity contribution in [3.8, 4) is 0 Å². The summed E-state index contributed by atoms with van der Waals surface area (Å²) < 4.78 is 29.9. The molecule has 1 aromatic heterocycles. The number of aryl methyl sites for hydroxylation is 4. The van der Waals surface area contributed by atoms with Crippen molar-refractivity contribution in [2.75, 3.05) is 6.54 Å². The van der Waals surface area contributed by atoms with Crippen LogP contribution in [0.3, 0.4) is 0 Å². The van der Waals surface area contributed by atoms with Crippen molar-refractivity contribution < 1.29 is 13.5 Å². The number of aliphatic hydroxyl groups is 1. The maximum absolute atomic E-state index is 12.7. The molecule has 0 radical (unpaired) electrons. The van der Waals surface area contributed by atoms with Crippen molar-refractivity contribution in [2.24, 2.45) is 7.05 Å². The van der Waals surface area contributed by atoms with Crippen LogP contribution in [-0.4, -0.2) is 24.6 Å². The highest BCUT2D eigenvalue weighted by Gasteiger charge is 2.21. The second-order valence-corrected chi connectivity index (χ2v) is 8.52. The number of aliphatic hydroxyl groups excluding tert-OH is 1. The maximum Gasteiger partial charge on any atom is 0.240 e. The van der Waals surface area contributed by atoms with Crippen LogP contribution in [0.4, 0.5) is 0 Å². The number of rotatable bonds is 5. The molecule has 3 aromatic rings. The molecule has 26 heavy (non-hydrogen) atoms. The Kier molecular flexibility index (Phi) is 4.92. The largest absolute Gasteiger partial charge is 0.387 e. The summed E-state index contributed by atoms with van der Waals surface area (Å²) in [5.41, 5.74) is 4.38. The van der Waals surface area contributed by atoms with Crippen molar-refractivity contribution in [3.63, 3.8) is 0 Å². The second kappa shape index (κ2) is 6.87. The molecule has 1 atom stereocenters. The molecule has 0 saturated carbocycles. The fraction of sp³-hybridized carbons (Fsp3) is 0.300. The van der Waals surface area contributed by atoms with E-state index in [0.29, 0.717) is 11.1 Å². The fourth-order valence-electron chi connectivity index (χ4n) is 3.24. The first-order valence-corrected chi connectivity index (χ1v) is 9.98. The van der Waals surface area contributed by atoms with Crippen LogP contribution < -0.4 is 4.72 Å². The third-order valence-corrected chi connectivity index (χ3v) is 6.40. The predicted octanol–water partition coefficient (Wildman–Crippen LogP) is 3.12. The molecular weight excluding hydrogens is 348 g/mol. The van der Waals surface area contributed by atoms with Crippen LogP contribution in [-0.2, 0) is 17.1 Å². The minimum atomic E-state index is -3.70. The number of sulfonamides is 1. The number of aromatic nitrogens is 1. The van der Waals surface area contributed by atoms with Gasteiger partial charge in [0.1, 0.15) is 0 Å². The van der Waals surface area contributed by atoms with E-state index in [2.05, 4.69) is 4.72 Å². The van der Waals surface area contributed by atoms with Crippen LogP contribution in [0.25, 0.3) is 10.9 Å². The van der Waals surface area contributed by atoms with Gasteiger partial charge in [-0.3, -0.25) is 0 Å². The summed E-state index contributed by atoms with van der Waals surface area (Å²) in [5, 5.41) is 11.5. The molecule has 0 aliphatic carbocycles. The van der Waals surface area contributed by atoms with Crippen molar-refractivity contribution in [2.45, 2.75) is 31.8 Å². The minimum Gasteiger partial charge on any atom is -0.387 e. The normalized spacial score (nSPS) is 13.3. The van der Waals surface area contributed by atoms with Crippen LogP contribution in [0.15, 0.2) is 47.5 Å². The van der Waals surface area contributed by atoms with Gasteiger partial charge in [-0.25, -0.2) is 13.1 Å². The SMILES string of the molecule is Cc1cc(C)c(S(=O)(=O)NC[C@H](O)c2cn(C)c3ccccc23)cc1C. The second-order valence-electron chi connectivity index (χ2n) is 6.78. The summed E-state index contributed by atoms with van der Waals surface area (Å²) in [6.07, 6.45) is 0.910. The lowest BCUT2D eigenvalue weighted by molar-refractivity contribution is 0.183. The van der Waals surface area contributed by atoms with E-state index < -0.39 is 16.1 Å². The summed E-state index contributed by atoms with van der Waals surface area (Å²) >= 11 is 0. The van der Waals surface area contributed by atoms with Crippen molar-refractivity contribution in [1.29, 1.82) is 0 Å². The maximum atomic E-state index is 12.7. The molecule has 2 N–H and O–H groups in total. The van der Waals surface area contributed by atoms with Crippen LogP contribution in [0.2, 0.25) is 0 Å². The lowest BCUT2D eigenvalue weighted by atomic mass is 10.1. The van der Waals surface area contributed by atoms with Gasteiger partial charge in [-0.05, 0) is 49.6 Å². The summed E-state index contributed by atoms with van der Waals surface area (Å²) in [6.45, 7) is 5.54. The van der Waals surface area contributed by atoms with Gasteiger partial charge in [-0.2, -0.15) is 0 Å². The number of benzene rings is 2. The molecule has 0 saturated heterocycles. The predicted molar refractivity (Wildman–Crippen MR) is 104 cm³/mol. The van der Waals surface area contributed by atoms with Gasteiger partial charge in [0.05, 0.1) is 11.0 Å². The van der Waals surface area contributed by atoms with Crippen molar-refractivity contribution in [3.05, 3.63) is 64.8 Å². The molecule has 3 rings (SSSR count). The molecule has 1 heterocycles. The summed E-state index contributed by atoms with van der Waals surface area (Å²) in [7, 11) is -1.79. The number of hydrogen-bond donors (Lipinski definition) is 2. The topological polar surface area (TPSA) is 71.3 Å². The number of fused-ring (bicyclic) bond motifs is 1. The molecule has 0 aliphatic rings. The zero-order valence-corrected chi connectivity index (χ0v) is 16.3. The number of para-hydroxylation sites is 1. The smallest absolute Gasteiger partial charge is 0.240 e. The van der Waals surface area contributed by atoms with E-state index in [9.17, 15) is 13.5 Å². The highest BCUT2D eigenvalue weighted by Crippen LogP contribution is 2.26. The Morgan fingerprint density at radius 1 is 1.08 bits per heavy atom. The van der Waals surface area contributed by atoms with Gasteiger partial charge >= 0.3 is 0 Å². The molecule has 2 aromatic carbocycles. The fourth-order valence-corrected chi connectivity index (χ4v) is 4.59. The van der Waals surface area contributed by atoms with Crippen molar-refractivity contribution in [1.82, 2.24) is 9.29 Å². The average Bonchev–Trinajstić information content (AvgIpc) is 2.93. The Labute approximate surface area is 154 Å². The van der Waals surface area contributed by atoms with E-state index >= 15 is 0 Å². The molecule has 0 fully saturated rings. The lowest BCUT2D eigenvalue weighted by Gasteiger charge is -2.14. The first-order chi connectivity index (χ1) is 12.2. The molecule has 6 heteroatoms. The van der Waals surface area contributed by atoms with E-state index in [1.54, 1.807) is 13.0 Å². The van der Waals surface area contributed by atoms with Gasteiger partial charge in [0.25, 0.3) is 0 Å². The van der Waals surface area contributed by atoms with Crippen LogP contribution in [0.5, 0.6) is 0 Å². The van der Waals surface area contributed by atoms with Crippen LogP contribution in [0.1, 0.15) is 28.4 Å². The Balaban J connectivity index is 1.84. The monoisotopic (exact) mass is 372 g/mol. The number of nitrogens with one attached hydrogen (secondary N) is 1. The van der Waals surface area contributed by atoms with Gasteiger partial charge in [0.2, 0.25) is 10.0 Å². The standard InChI is InChI=1S/C20H24N2O3S/c1-13-9-15(3)20(10-14(13)2)26(24,25)21-11-19(23)17-12-22(4)18-8-6-5-7-16(17)18/h5-10,12,19,21,23H,11H2,1-4H3/t19-/m0/s1. The highest BCUT2D eigenvalue weighted by molar-refractivity contribution is 7.89. The molecule has 5 nitrogen and oxygen atoms in total. The van der Waals surface area contributed by atoms with Gasteiger partial charge in [-0.15, -0.1) is 0 Å². The van der Waals surface area contributed by atoms with E-state index in [4.69, 9.17) is 0 Å². The summed E-state index contributed by atoms with van der Waals surface area (Å²) in [6, 6.07) is 11.3. The van der Waals surface area contributed by atoms with Crippen LogP contribution >= 0.6 is 0 Å².